The molecule has 2 atom stereocenters. The largest absolute Gasteiger partial charge is 0.465 e. The minimum Gasteiger partial charge on any atom is -0.465 e. The maximum absolute atomic E-state index is 12.1. The molecular weight excluding hydrogens is 352 g/mol. The van der Waals surface area contributed by atoms with Gasteiger partial charge in [0.15, 0.2) is 0 Å². The maximum atomic E-state index is 12.1. The highest BCUT2D eigenvalue weighted by atomic mass is 16.6. The molecule has 7 nitrogen and oxygen atoms in total. The quantitative estimate of drug-likeness (QED) is 0.396. The highest BCUT2D eigenvalue weighted by molar-refractivity contribution is 6.04. The number of carbonyl (C=O) groups is 4. The fourth-order valence-electron chi connectivity index (χ4n) is 2.71. The fraction of sp³-hybridized carbons (Fsp3) is 0.700. The first-order chi connectivity index (χ1) is 12.7. The summed E-state index contributed by atoms with van der Waals surface area (Å²) >= 11 is 0. The van der Waals surface area contributed by atoms with Crippen LogP contribution in [0.4, 0.5) is 0 Å². The van der Waals surface area contributed by atoms with Crippen molar-refractivity contribution < 1.29 is 33.4 Å². The number of carbonyl (C=O) groups excluding carboxylic acids is 4. The summed E-state index contributed by atoms with van der Waals surface area (Å²) in [6.45, 7) is 8.85. The number of rotatable bonds is 6. The third-order valence-electron chi connectivity index (χ3n) is 4.05. The molecule has 0 aromatic heterocycles. The molecule has 0 aromatic carbocycles. The van der Waals surface area contributed by atoms with E-state index in [0.29, 0.717) is 25.0 Å². The third kappa shape index (κ3) is 8.84. The van der Waals surface area contributed by atoms with Gasteiger partial charge in [0, 0.05) is 12.2 Å². The van der Waals surface area contributed by atoms with Crippen LogP contribution >= 0.6 is 0 Å². The molecule has 0 N–H and O–H groups in total. The number of hydrogen-bond donors (Lipinski definition) is 0. The van der Waals surface area contributed by atoms with E-state index in [1.807, 2.05) is 27.7 Å². The SMILES string of the molecule is CC(C)COC(=O)C1CCCCC1C(=O)OCC(C)C.O=C1C=CC(=O)O1. The molecule has 1 fully saturated rings. The Labute approximate surface area is 160 Å². The van der Waals surface area contributed by atoms with Crippen molar-refractivity contribution in [3.63, 3.8) is 0 Å². The van der Waals surface area contributed by atoms with Gasteiger partial charge in [-0.05, 0) is 24.7 Å². The summed E-state index contributed by atoms with van der Waals surface area (Å²) in [5.74, 6) is -1.63. The Balaban J connectivity index is 0.000000433. The summed E-state index contributed by atoms with van der Waals surface area (Å²) in [6, 6.07) is 0. The molecule has 2 rings (SSSR count). The highest BCUT2D eigenvalue weighted by Crippen LogP contribution is 2.32. The van der Waals surface area contributed by atoms with Crippen molar-refractivity contribution in [2.24, 2.45) is 23.7 Å². The van der Waals surface area contributed by atoms with Crippen LogP contribution < -0.4 is 0 Å². The fourth-order valence-corrected chi connectivity index (χ4v) is 2.71. The van der Waals surface area contributed by atoms with Crippen LogP contribution in [0.25, 0.3) is 0 Å². The third-order valence-corrected chi connectivity index (χ3v) is 4.05. The predicted octanol–water partition coefficient (Wildman–Crippen LogP) is 2.82. The molecule has 2 unspecified atom stereocenters. The Hall–Kier alpha value is -2.18. The summed E-state index contributed by atoms with van der Waals surface area (Å²) in [6.07, 6.45) is 5.60. The van der Waals surface area contributed by atoms with Gasteiger partial charge in [-0.15, -0.1) is 0 Å². The van der Waals surface area contributed by atoms with Gasteiger partial charge in [-0.1, -0.05) is 40.5 Å². The monoisotopic (exact) mass is 382 g/mol. The van der Waals surface area contributed by atoms with Gasteiger partial charge in [-0.25, -0.2) is 9.59 Å². The minimum absolute atomic E-state index is 0.232. The molecule has 0 spiro atoms. The average molecular weight is 382 g/mol. The van der Waals surface area contributed by atoms with Gasteiger partial charge >= 0.3 is 23.9 Å². The van der Waals surface area contributed by atoms with Crippen molar-refractivity contribution >= 4 is 23.9 Å². The molecule has 0 radical (unpaired) electrons. The van der Waals surface area contributed by atoms with Crippen LogP contribution in [0.1, 0.15) is 53.4 Å². The lowest BCUT2D eigenvalue weighted by Gasteiger charge is -2.28. The van der Waals surface area contributed by atoms with Crippen LogP contribution in [0.15, 0.2) is 12.2 Å². The second kappa shape index (κ2) is 11.5. The summed E-state index contributed by atoms with van der Waals surface area (Å²) in [4.78, 5) is 44.1. The smallest absolute Gasteiger partial charge is 0.338 e. The molecule has 0 saturated heterocycles. The number of esters is 4. The lowest BCUT2D eigenvalue weighted by Crippen LogP contribution is -2.35. The van der Waals surface area contributed by atoms with E-state index in [9.17, 15) is 19.2 Å². The lowest BCUT2D eigenvalue weighted by atomic mass is 9.79. The van der Waals surface area contributed by atoms with E-state index in [-0.39, 0.29) is 23.8 Å². The van der Waals surface area contributed by atoms with Crippen molar-refractivity contribution in [3.05, 3.63) is 12.2 Å². The van der Waals surface area contributed by atoms with Crippen molar-refractivity contribution in [3.8, 4) is 0 Å². The van der Waals surface area contributed by atoms with E-state index >= 15 is 0 Å². The Morgan fingerprint density at radius 3 is 1.52 bits per heavy atom. The van der Waals surface area contributed by atoms with Crippen LogP contribution in [-0.2, 0) is 33.4 Å². The molecule has 1 aliphatic carbocycles. The number of cyclic esters (lactones) is 2. The molecule has 152 valence electrons. The first kappa shape index (κ1) is 22.9. The van der Waals surface area contributed by atoms with E-state index in [4.69, 9.17) is 9.47 Å². The number of hydrogen-bond acceptors (Lipinski definition) is 7. The van der Waals surface area contributed by atoms with Gasteiger partial charge in [0.1, 0.15) is 0 Å². The molecule has 2 aliphatic rings. The second-order valence-corrected chi connectivity index (χ2v) is 7.62. The van der Waals surface area contributed by atoms with E-state index in [0.717, 1.165) is 37.8 Å². The van der Waals surface area contributed by atoms with Gasteiger partial charge in [-0.3, -0.25) is 9.59 Å². The van der Waals surface area contributed by atoms with E-state index in [1.54, 1.807) is 0 Å². The van der Waals surface area contributed by atoms with Crippen LogP contribution in [0.2, 0.25) is 0 Å². The van der Waals surface area contributed by atoms with Crippen LogP contribution in [-0.4, -0.2) is 37.1 Å². The first-order valence-corrected chi connectivity index (χ1v) is 9.47. The average Bonchev–Trinajstić information content (AvgIpc) is 3.00. The predicted molar refractivity (Wildman–Crippen MR) is 97.3 cm³/mol. The topological polar surface area (TPSA) is 96.0 Å². The summed E-state index contributed by atoms with van der Waals surface area (Å²) in [5, 5.41) is 0. The van der Waals surface area contributed by atoms with Crippen LogP contribution in [0, 0.1) is 23.7 Å². The molecule has 7 heteroatoms. The van der Waals surface area contributed by atoms with Gasteiger partial charge < -0.3 is 14.2 Å². The summed E-state index contributed by atoms with van der Waals surface area (Å²) in [7, 11) is 0. The van der Waals surface area contributed by atoms with Gasteiger partial charge in [0.05, 0.1) is 25.0 Å². The van der Waals surface area contributed by atoms with E-state index < -0.39 is 11.9 Å². The molecule has 1 saturated carbocycles. The number of ether oxygens (including phenoxy) is 3. The Morgan fingerprint density at radius 2 is 1.26 bits per heavy atom. The van der Waals surface area contributed by atoms with Gasteiger partial charge in [0.25, 0.3) is 0 Å². The van der Waals surface area contributed by atoms with Crippen molar-refractivity contribution in [1.29, 1.82) is 0 Å². The molecule has 27 heavy (non-hydrogen) atoms. The molecular formula is C20H30O7. The zero-order chi connectivity index (χ0) is 20.4. The van der Waals surface area contributed by atoms with Crippen molar-refractivity contribution in [1.82, 2.24) is 0 Å². The molecule has 0 amide bonds. The van der Waals surface area contributed by atoms with Crippen molar-refractivity contribution in [2.45, 2.75) is 53.4 Å². The minimum atomic E-state index is -0.579. The molecule has 0 bridgehead atoms. The van der Waals surface area contributed by atoms with Crippen LogP contribution in [0.5, 0.6) is 0 Å². The van der Waals surface area contributed by atoms with Gasteiger partial charge in [0.2, 0.25) is 0 Å². The molecule has 1 aliphatic heterocycles. The lowest BCUT2D eigenvalue weighted by molar-refractivity contribution is -0.164. The second-order valence-electron chi connectivity index (χ2n) is 7.62. The summed E-state index contributed by atoms with van der Waals surface area (Å²) < 4.78 is 14.6. The van der Waals surface area contributed by atoms with E-state index in [2.05, 4.69) is 4.74 Å². The molecule has 0 aromatic rings. The standard InChI is InChI=1S/C16H28O4.C4H2O3/c1-11(2)9-19-15(17)13-7-5-6-8-14(13)16(18)20-10-12(3)4;5-3-1-2-4(6)7-3/h11-14H,5-10H2,1-4H3;1-2H. The normalized spacial score (nSPS) is 21.6. The zero-order valence-electron chi connectivity index (χ0n) is 16.6. The van der Waals surface area contributed by atoms with E-state index in [1.165, 1.54) is 0 Å². The van der Waals surface area contributed by atoms with Crippen molar-refractivity contribution in [2.75, 3.05) is 13.2 Å². The first-order valence-electron chi connectivity index (χ1n) is 9.47. The highest BCUT2D eigenvalue weighted by Gasteiger charge is 2.37. The van der Waals surface area contributed by atoms with Gasteiger partial charge in [-0.2, -0.15) is 0 Å². The maximum Gasteiger partial charge on any atom is 0.338 e. The Morgan fingerprint density at radius 1 is 0.889 bits per heavy atom. The molecule has 1 heterocycles. The Bertz CT molecular complexity index is 515. The van der Waals surface area contributed by atoms with Crippen LogP contribution in [0.3, 0.4) is 0 Å². The Kier molecular flexibility index (Phi) is 9.75. The zero-order valence-corrected chi connectivity index (χ0v) is 16.6. The summed E-state index contributed by atoms with van der Waals surface area (Å²) in [5.41, 5.74) is 0.